The number of nitrogens with zero attached hydrogens (tertiary/aromatic N) is 3. The zero-order valence-corrected chi connectivity index (χ0v) is 14.3. The van der Waals surface area contributed by atoms with Crippen LogP contribution in [0.2, 0.25) is 0 Å². The third-order valence-electron chi connectivity index (χ3n) is 4.44. The summed E-state index contributed by atoms with van der Waals surface area (Å²) >= 11 is 0. The molecule has 6 nitrogen and oxygen atoms in total. The van der Waals surface area contributed by atoms with E-state index in [-0.39, 0.29) is 17.7 Å². The highest BCUT2D eigenvalue weighted by Crippen LogP contribution is 2.25. The largest absolute Gasteiger partial charge is 0.490 e. The van der Waals surface area contributed by atoms with Crippen LogP contribution in [0.25, 0.3) is 5.69 Å². The van der Waals surface area contributed by atoms with E-state index in [9.17, 15) is 4.79 Å². The Morgan fingerprint density at radius 3 is 2.69 bits per heavy atom. The monoisotopic (exact) mass is 348 g/mol. The molecule has 0 aliphatic heterocycles. The molecule has 1 heterocycles. The average molecular weight is 348 g/mol. The van der Waals surface area contributed by atoms with Gasteiger partial charge in [0.05, 0.1) is 18.0 Å². The van der Waals surface area contributed by atoms with E-state index in [1.807, 2.05) is 54.6 Å². The maximum absolute atomic E-state index is 12.4. The van der Waals surface area contributed by atoms with Crippen LogP contribution in [-0.2, 0) is 0 Å². The minimum Gasteiger partial charge on any atom is -0.490 e. The van der Waals surface area contributed by atoms with Crippen molar-refractivity contribution in [2.24, 2.45) is 0 Å². The molecule has 132 valence electrons. The standard InChI is InChI=1S/C20H20N4O2/c25-20(19-14-24(23-22-19)16-8-2-1-3-9-16)21-15-7-6-12-18(13-15)26-17-10-4-5-11-17/h1-3,6-9,12-14,17H,4-5,10-11H2,(H,21,25). The highest BCUT2D eigenvalue weighted by atomic mass is 16.5. The lowest BCUT2D eigenvalue weighted by Crippen LogP contribution is -2.13. The first kappa shape index (κ1) is 16.3. The van der Waals surface area contributed by atoms with Crippen LogP contribution in [0, 0.1) is 0 Å². The maximum Gasteiger partial charge on any atom is 0.277 e. The van der Waals surface area contributed by atoms with E-state index in [0.717, 1.165) is 24.3 Å². The normalized spacial score (nSPS) is 14.3. The fourth-order valence-electron chi connectivity index (χ4n) is 3.12. The molecule has 26 heavy (non-hydrogen) atoms. The molecule has 1 aliphatic rings. The Morgan fingerprint density at radius 1 is 1.08 bits per heavy atom. The molecule has 4 rings (SSSR count). The molecule has 3 aromatic rings. The molecule has 1 fully saturated rings. The average Bonchev–Trinajstić information content (AvgIpc) is 3.35. The van der Waals surface area contributed by atoms with Gasteiger partial charge in [0, 0.05) is 11.8 Å². The summed E-state index contributed by atoms with van der Waals surface area (Å²) in [4.78, 5) is 12.4. The number of benzene rings is 2. The van der Waals surface area contributed by atoms with E-state index in [0.29, 0.717) is 5.69 Å². The van der Waals surface area contributed by atoms with Gasteiger partial charge in [-0.2, -0.15) is 0 Å². The third-order valence-corrected chi connectivity index (χ3v) is 4.44. The summed E-state index contributed by atoms with van der Waals surface area (Å²) in [7, 11) is 0. The van der Waals surface area contributed by atoms with E-state index >= 15 is 0 Å². The molecule has 1 saturated carbocycles. The van der Waals surface area contributed by atoms with Crippen LogP contribution in [0.3, 0.4) is 0 Å². The van der Waals surface area contributed by atoms with Gasteiger partial charge in [0.15, 0.2) is 5.69 Å². The molecule has 0 saturated heterocycles. The van der Waals surface area contributed by atoms with Crippen LogP contribution in [-0.4, -0.2) is 27.0 Å². The number of nitrogens with one attached hydrogen (secondary N) is 1. The van der Waals surface area contributed by atoms with Crippen molar-refractivity contribution < 1.29 is 9.53 Å². The molecule has 0 atom stereocenters. The molecular formula is C20H20N4O2. The Bertz CT molecular complexity index is 886. The quantitative estimate of drug-likeness (QED) is 0.760. The zero-order valence-electron chi connectivity index (χ0n) is 14.3. The Balaban J connectivity index is 1.44. The maximum atomic E-state index is 12.4. The summed E-state index contributed by atoms with van der Waals surface area (Å²) in [5.74, 6) is 0.479. The van der Waals surface area contributed by atoms with E-state index in [4.69, 9.17) is 4.74 Å². The second-order valence-electron chi connectivity index (χ2n) is 6.39. The van der Waals surface area contributed by atoms with Crippen molar-refractivity contribution in [1.82, 2.24) is 15.0 Å². The summed E-state index contributed by atoms with van der Waals surface area (Å²) in [5.41, 5.74) is 1.79. The number of aromatic nitrogens is 3. The number of hydrogen-bond acceptors (Lipinski definition) is 4. The smallest absolute Gasteiger partial charge is 0.277 e. The lowest BCUT2D eigenvalue weighted by atomic mass is 10.2. The van der Waals surface area contributed by atoms with Gasteiger partial charge in [0.2, 0.25) is 0 Å². The number of para-hydroxylation sites is 1. The molecule has 1 aromatic heterocycles. The van der Waals surface area contributed by atoms with Crippen molar-refractivity contribution in [2.45, 2.75) is 31.8 Å². The van der Waals surface area contributed by atoms with Gasteiger partial charge in [-0.1, -0.05) is 29.5 Å². The first-order valence-corrected chi connectivity index (χ1v) is 8.84. The molecule has 6 heteroatoms. The minimum atomic E-state index is -0.301. The van der Waals surface area contributed by atoms with E-state index in [2.05, 4.69) is 15.6 Å². The van der Waals surface area contributed by atoms with Crippen LogP contribution in [0.1, 0.15) is 36.2 Å². The molecule has 0 spiro atoms. The van der Waals surface area contributed by atoms with Gasteiger partial charge in [-0.15, -0.1) is 5.10 Å². The zero-order chi connectivity index (χ0) is 17.8. The summed E-state index contributed by atoms with van der Waals surface area (Å²) in [6.07, 6.45) is 6.53. The number of hydrogen-bond donors (Lipinski definition) is 1. The van der Waals surface area contributed by atoms with Crippen molar-refractivity contribution in [3.63, 3.8) is 0 Å². The van der Waals surface area contributed by atoms with Crippen LogP contribution in [0.5, 0.6) is 5.75 Å². The SMILES string of the molecule is O=C(Nc1cccc(OC2CCCC2)c1)c1cn(-c2ccccc2)nn1. The fourth-order valence-corrected chi connectivity index (χ4v) is 3.12. The van der Waals surface area contributed by atoms with Crippen LogP contribution in [0.15, 0.2) is 60.8 Å². The van der Waals surface area contributed by atoms with Gasteiger partial charge in [-0.05, 0) is 49.9 Å². The summed E-state index contributed by atoms with van der Waals surface area (Å²) in [5, 5.41) is 10.8. The second-order valence-corrected chi connectivity index (χ2v) is 6.39. The van der Waals surface area contributed by atoms with E-state index in [1.54, 1.807) is 10.9 Å². The van der Waals surface area contributed by atoms with Gasteiger partial charge < -0.3 is 10.1 Å². The third kappa shape index (κ3) is 3.74. The van der Waals surface area contributed by atoms with Gasteiger partial charge in [0.25, 0.3) is 5.91 Å². The van der Waals surface area contributed by atoms with Gasteiger partial charge in [0.1, 0.15) is 5.75 Å². The number of ether oxygens (including phenoxy) is 1. The van der Waals surface area contributed by atoms with Crippen LogP contribution >= 0.6 is 0 Å². The molecule has 0 bridgehead atoms. The first-order chi connectivity index (χ1) is 12.8. The summed E-state index contributed by atoms with van der Waals surface area (Å²) in [6, 6.07) is 17.0. The highest BCUT2D eigenvalue weighted by Gasteiger charge is 2.17. The molecule has 1 amide bonds. The van der Waals surface area contributed by atoms with Crippen molar-refractivity contribution >= 4 is 11.6 Å². The lowest BCUT2D eigenvalue weighted by molar-refractivity contribution is 0.102. The lowest BCUT2D eigenvalue weighted by Gasteiger charge is -2.13. The number of anilines is 1. The second kappa shape index (κ2) is 7.39. The topological polar surface area (TPSA) is 69.0 Å². The number of rotatable bonds is 5. The van der Waals surface area contributed by atoms with Crippen molar-refractivity contribution in [2.75, 3.05) is 5.32 Å². The molecule has 0 unspecified atom stereocenters. The van der Waals surface area contributed by atoms with Crippen LogP contribution in [0.4, 0.5) is 5.69 Å². The highest BCUT2D eigenvalue weighted by molar-refractivity contribution is 6.02. The Morgan fingerprint density at radius 2 is 1.88 bits per heavy atom. The molecule has 1 aliphatic carbocycles. The van der Waals surface area contributed by atoms with E-state index in [1.165, 1.54) is 12.8 Å². The predicted octanol–water partition coefficient (Wildman–Crippen LogP) is 3.84. The predicted molar refractivity (Wildman–Crippen MR) is 98.6 cm³/mol. The van der Waals surface area contributed by atoms with Gasteiger partial charge in [-0.25, -0.2) is 4.68 Å². The van der Waals surface area contributed by atoms with Crippen LogP contribution < -0.4 is 10.1 Å². The van der Waals surface area contributed by atoms with Crippen molar-refractivity contribution in [3.8, 4) is 11.4 Å². The summed E-state index contributed by atoms with van der Waals surface area (Å²) < 4.78 is 7.56. The number of amides is 1. The van der Waals surface area contributed by atoms with Gasteiger partial charge in [-0.3, -0.25) is 4.79 Å². The minimum absolute atomic E-state index is 0.260. The molecular weight excluding hydrogens is 328 g/mol. The Labute approximate surface area is 151 Å². The fraction of sp³-hybridized carbons (Fsp3) is 0.250. The van der Waals surface area contributed by atoms with Crippen molar-refractivity contribution in [1.29, 1.82) is 0 Å². The Hall–Kier alpha value is -3.15. The molecule has 2 aromatic carbocycles. The first-order valence-electron chi connectivity index (χ1n) is 8.84. The van der Waals surface area contributed by atoms with Gasteiger partial charge >= 0.3 is 0 Å². The van der Waals surface area contributed by atoms with Crippen molar-refractivity contribution in [3.05, 3.63) is 66.5 Å². The molecule has 0 radical (unpaired) electrons. The molecule has 1 N–H and O–H groups in total. The van der Waals surface area contributed by atoms with E-state index < -0.39 is 0 Å². The number of carbonyl (C=O) groups is 1. The number of carbonyl (C=O) groups excluding carboxylic acids is 1. The Kier molecular flexibility index (Phi) is 4.64. The summed E-state index contributed by atoms with van der Waals surface area (Å²) in [6.45, 7) is 0.